The van der Waals surface area contributed by atoms with Crippen LogP contribution in [0.4, 0.5) is 10.3 Å². The van der Waals surface area contributed by atoms with E-state index >= 15 is 0 Å². The van der Waals surface area contributed by atoms with Crippen LogP contribution in [-0.4, -0.2) is 44.9 Å². The van der Waals surface area contributed by atoms with Gasteiger partial charge >= 0.3 is 0 Å². The lowest BCUT2D eigenvalue weighted by atomic mass is 10.1. The SMILES string of the molecule is CCNc1nccc(-c2c(-c3ccc(F)cc3)nc3cc(CN(C)C)ccn23)n1. The number of halogens is 1. The zero-order chi connectivity index (χ0) is 20.4. The number of rotatable bonds is 6. The van der Waals surface area contributed by atoms with Gasteiger partial charge in [-0.05, 0) is 69.0 Å². The van der Waals surface area contributed by atoms with Crippen molar-refractivity contribution in [2.75, 3.05) is 26.0 Å². The molecule has 7 heteroatoms. The lowest BCUT2D eigenvalue weighted by Gasteiger charge is -2.10. The molecule has 0 aliphatic carbocycles. The summed E-state index contributed by atoms with van der Waals surface area (Å²) >= 11 is 0. The zero-order valence-electron chi connectivity index (χ0n) is 16.7. The molecule has 0 aliphatic rings. The van der Waals surface area contributed by atoms with Gasteiger partial charge in [-0.2, -0.15) is 0 Å². The summed E-state index contributed by atoms with van der Waals surface area (Å²) in [5, 5.41) is 3.15. The Hall–Kier alpha value is -3.32. The highest BCUT2D eigenvalue weighted by Crippen LogP contribution is 2.32. The van der Waals surface area contributed by atoms with Crippen molar-refractivity contribution in [3.63, 3.8) is 0 Å². The molecule has 0 bridgehead atoms. The normalized spacial score (nSPS) is 11.3. The molecule has 148 valence electrons. The minimum atomic E-state index is -0.274. The standard InChI is InChI=1S/C22H23FN6/c1-4-24-22-25-11-9-18(26-22)21-20(16-5-7-17(23)8-6-16)27-19-13-15(14-28(2)3)10-12-29(19)21/h5-13H,4,14H2,1-3H3,(H,24,25,26). The van der Waals surface area contributed by atoms with Gasteiger partial charge in [0.2, 0.25) is 5.95 Å². The van der Waals surface area contributed by atoms with Gasteiger partial charge in [-0.3, -0.25) is 4.40 Å². The molecule has 0 saturated carbocycles. The molecule has 1 aromatic carbocycles. The number of hydrogen-bond donors (Lipinski definition) is 1. The third kappa shape index (κ3) is 3.95. The van der Waals surface area contributed by atoms with Gasteiger partial charge in [0.05, 0.1) is 17.1 Å². The largest absolute Gasteiger partial charge is 0.354 e. The topological polar surface area (TPSA) is 58.4 Å². The lowest BCUT2D eigenvalue weighted by Crippen LogP contribution is -2.10. The maximum absolute atomic E-state index is 13.5. The second-order valence-corrected chi connectivity index (χ2v) is 7.11. The van der Waals surface area contributed by atoms with E-state index < -0.39 is 0 Å². The Bertz CT molecular complexity index is 1130. The number of nitrogens with zero attached hydrogens (tertiary/aromatic N) is 5. The summed E-state index contributed by atoms with van der Waals surface area (Å²) in [7, 11) is 4.07. The van der Waals surface area contributed by atoms with Gasteiger partial charge in [-0.25, -0.2) is 19.3 Å². The zero-order valence-corrected chi connectivity index (χ0v) is 16.7. The quantitative estimate of drug-likeness (QED) is 0.537. The maximum atomic E-state index is 13.5. The molecule has 6 nitrogen and oxygen atoms in total. The molecule has 3 aromatic heterocycles. The van der Waals surface area contributed by atoms with Gasteiger partial charge < -0.3 is 10.2 Å². The third-order valence-corrected chi connectivity index (χ3v) is 4.54. The summed E-state index contributed by atoms with van der Waals surface area (Å²) in [5.41, 5.74) is 5.19. The molecule has 0 fully saturated rings. The Morgan fingerprint density at radius 2 is 1.86 bits per heavy atom. The van der Waals surface area contributed by atoms with Gasteiger partial charge in [0.15, 0.2) is 0 Å². The Kier molecular flexibility index (Phi) is 5.22. The number of benzene rings is 1. The van der Waals surface area contributed by atoms with Crippen molar-refractivity contribution in [3.8, 4) is 22.6 Å². The number of nitrogens with one attached hydrogen (secondary N) is 1. The highest BCUT2D eigenvalue weighted by atomic mass is 19.1. The molecule has 0 saturated heterocycles. The van der Waals surface area contributed by atoms with Crippen molar-refractivity contribution in [3.05, 3.63) is 66.2 Å². The second-order valence-electron chi connectivity index (χ2n) is 7.11. The average Bonchev–Trinajstić information content (AvgIpc) is 3.07. The molecular weight excluding hydrogens is 367 g/mol. The first-order valence-electron chi connectivity index (χ1n) is 9.54. The summed E-state index contributed by atoms with van der Waals surface area (Å²) in [6, 6.07) is 12.4. The number of hydrogen-bond acceptors (Lipinski definition) is 5. The van der Waals surface area contributed by atoms with Crippen LogP contribution >= 0.6 is 0 Å². The molecule has 0 radical (unpaired) electrons. The number of anilines is 1. The fourth-order valence-electron chi connectivity index (χ4n) is 3.34. The highest BCUT2D eigenvalue weighted by Gasteiger charge is 2.18. The predicted molar refractivity (Wildman–Crippen MR) is 113 cm³/mol. The minimum absolute atomic E-state index is 0.274. The smallest absolute Gasteiger partial charge is 0.223 e. The highest BCUT2D eigenvalue weighted by molar-refractivity contribution is 5.80. The Morgan fingerprint density at radius 3 is 2.59 bits per heavy atom. The second kappa shape index (κ2) is 7.97. The van der Waals surface area contributed by atoms with Gasteiger partial charge in [-0.15, -0.1) is 0 Å². The lowest BCUT2D eigenvalue weighted by molar-refractivity contribution is 0.402. The van der Waals surface area contributed by atoms with Crippen molar-refractivity contribution in [2.24, 2.45) is 0 Å². The van der Waals surface area contributed by atoms with Crippen LogP contribution in [0.25, 0.3) is 28.3 Å². The number of imidazole rings is 1. The van der Waals surface area contributed by atoms with Crippen LogP contribution in [-0.2, 0) is 6.54 Å². The van der Waals surface area contributed by atoms with Crippen molar-refractivity contribution in [1.29, 1.82) is 0 Å². The molecule has 4 aromatic rings. The van der Waals surface area contributed by atoms with Gasteiger partial charge in [0.25, 0.3) is 0 Å². The Balaban J connectivity index is 1.93. The van der Waals surface area contributed by atoms with E-state index in [9.17, 15) is 4.39 Å². The van der Waals surface area contributed by atoms with E-state index in [1.54, 1.807) is 18.3 Å². The molecule has 1 N–H and O–H groups in total. The van der Waals surface area contributed by atoms with Crippen molar-refractivity contribution in [1.82, 2.24) is 24.3 Å². The Labute approximate surface area is 169 Å². The summed E-state index contributed by atoms with van der Waals surface area (Å²) < 4.78 is 15.5. The van der Waals surface area contributed by atoms with Gasteiger partial charge in [0.1, 0.15) is 11.5 Å². The van der Waals surface area contributed by atoms with Crippen molar-refractivity contribution >= 4 is 11.6 Å². The van der Waals surface area contributed by atoms with E-state index in [0.29, 0.717) is 5.95 Å². The number of aromatic nitrogens is 4. The van der Waals surface area contributed by atoms with Crippen LogP contribution in [0.1, 0.15) is 12.5 Å². The molecule has 0 atom stereocenters. The van der Waals surface area contributed by atoms with E-state index in [-0.39, 0.29) is 5.82 Å². The van der Waals surface area contributed by atoms with Crippen LogP contribution in [0.3, 0.4) is 0 Å². The predicted octanol–water partition coefficient (Wildman–Crippen LogP) is 4.09. The van der Waals surface area contributed by atoms with E-state index in [1.807, 2.05) is 37.7 Å². The summed E-state index contributed by atoms with van der Waals surface area (Å²) in [5.74, 6) is 0.290. The van der Waals surface area contributed by atoms with E-state index in [0.717, 1.165) is 41.4 Å². The van der Waals surface area contributed by atoms with Crippen molar-refractivity contribution < 1.29 is 4.39 Å². The number of pyridine rings is 1. The van der Waals surface area contributed by atoms with Gasteiger partial charge in [-0.1, -0.05) is 0 Å². The molecular formula is C22H23FN6. The summed E-state index contributed by atoms with van der Waals surface area (Å²) in [6.07, 6.45) is 3.74. The first kappa shape index (κ1) is 19.0. The molecule has 29 heavy (non-hydrogen) atoms. The molecule has 0 unspecified atom stereocenters. The Morgan fingerprint density at radius 1 is 1.07 bits per heavy atom. The third-order valence-electron chi connectivity index (χ3n) is 4.54. The van der Waals surface area contributed by atoms with Crippen molar-refractivity contribution in [2.45, 2.75) is 13.5 Å². The number of fused-ring (bicyclic) bond motifs is 1. The minimum Gasteiger partial charge on any atom is -0.354 e. The fraction of sp³-hybridized carbons (Fsp3) is 0.227. The van der Waals surface area contributed by atoms with E-state index in [4.69, 9.17) is 4.98 Å². The van der Waals surface area contributed by atoms with Crippen LogP contribution in [0.2, 0.25) is 0 Å². The molecule has 4 rings (SSSR count). The monoisotopic (exact) mass is 390 g/mol. The van der Waals surface area contributed by atoms with Crippen LogP contribution in [0.5, 0.6) is 0 Å². The van der Waals surface area contributed by atoms with E-state index in [1.165, 1.54) is 17.7 Å². The van der Waals surface area contributed by atoms with Crippen LogP contribution in [0.15, 0.2) is 54.9 Å². The average molecular weight is 390 g/mol. The fourth-order valence-corrected chi connectivity index (χ4v) is 3.34. The first-order valence-corrected chi connectivity index (χ1v) is 9.54. The molecule has 0 amide bonds. The maximum Gasteiger partial charge on any atom is 0.223 e. The summed E-state index contributed by atoms with van der Waals surface area (Å²) in [4.78, 5) is 15.9. The molecule has 0 spiro atoms. The van der Waals surface area contributed by atoms with Crippen LogP contribution in [0, 0.1) is 5.82 Å². The molecule has 3 heterocycles. The first-order chi connectivity index (χ1) is 14.0. The van der Waals surface area contributed by atoms with Crippen LogP contribution < -0.4 is 5.32 Å². The summed E-state index contributed by atoms with van der Waals surface area (Å²) in [6.45, 7) is 3.55. The van der Waals surface area contributed by atoms with Gasteiger partial charge in [0, 0.05) is 31.0 Å². The molecule has 0 aliphatic heterocycles. The van der Waals surface area contributed by atoms with E-state index in [2.05, 4.69) is 32.3 Å².